The van der Waals surface area contributed by atoms with Gasteiger partial charge in [0.25, 0.3) is 0 Å². The smallest absolute Gasteiger partial charge is 0.407 e. The van der Waals surface area contributed by atoms with E-state index in [0.717, 1.165) is 5.56 Å². The van der Waals surface area contributed by atoms with E-state index in [0.29, 0.717) is 19.4 Å². The first-order chi connectivity index (χ1) is 10.6. The summed E-state index contributed by atoms with van der Waals surface area (Å²) in [5, 5.41) is 11.4. The highest BCUT2D eigenvalue weighted by Crippen LogP contribution is 2.17. The summed E-state index contributed by atoms with van der Waals surface area (Å²) in [6, 6.07) is 8.37. The number of benzene rings is 1. The molecule has 1 saturated heterocycles. The standard InChI is InChI=1S/C15H18N2O5/c18-13(17-8-4-7-12(17)14(19)20)9-16-15(21)22-10-11-5-2-1-3-6-11/h1-3,5-6,12H,4,7-10H2,(H,16,21)(H,19,20). The van der Waals surface area contributed by atoms with Crippen molar-refractivity contribution in [3.8, 4) is 0 Å². The molecule has 2 N–H and O–H groups in total. The monoisotopic (exact) mass is 306 g/mol. The molecule has 2 amide bonds. The van der Waals surface area contributed by atoms with E-state index < -0.39 is 24.0 Å². The van der Waals surface area contributed by atoms with Gasteiger partial charge in [-0.15, -0.1) is 0 Å². The lowest BCUT2D eigenvalue weighted by Crippen LogP contribution is -2.45. The summed E-state index contributed by atoms with van der Waals surface area (Å²) in [4.78, 5) is 35.7. The average molecular weight is 306 g/mol. The van der Waals surface area contributed by atoms with Crippen molar-refractivity contribution in [2.24, 2.45) is 0 Å². The number of amides is 2. The number of hydrogen-bond acceptors (Lipinski definition) is 4. The zero-order valence-corrected chi connectivity index (χ0v) is 12.0. The van der Waals surface area contributed by atoms with Crippen LogP contribution < -0.4 is 5.32 Å². The summed E-state index contributed by atoms with van der Waals surface area (Å²) in [5.74, 6) is -1.43. The topological polar surface area (TPSA) is 95.9 Å². The van der Waals surface area contributed by atoms with Crippen LogP contribution in [0.4, 0.5) is 4.79 Å². The molecule has 1 unspecified atom stereocenters. The molecular weight excluding hydrogens is 288 g/mol. The van der Waals surface area contributed by atoms with E-state index in [1.54, 1.807) is 0 Å². The molecule has 1 aliphatic rings. The van der Waals surface area contributed by atoms with E-state index in [4.69, 9.17) is 9.84 Å². The zero-order valence-electron chi connectivity index (χ0n) is 12.0. The summed E-state index contributed by atoms with van der Waals surface area (Å²) in [5.41, 5.74) is 0.842. The summed E-state index contributed by atoms with van der Waals surface area (Å²) >= 11 is 0. The fourth-order valence-corrected chi connectivity index (χ4v) is 2.35. The normalized spacial score (nSPS) is 17.1. The van der Waals surface area contributed by atoms with Gasteiger partial charge in [-0.1, -0.05) is 30.3 Å². The maximum absolute atomic E-state index is 11.9. The Kier molecular flexibility index (Phi) is 5.35. The predicted octanol–water partition coefficient (Wildman–Crippen LogP) is 0.988. The predicted molar refractivity (Wildman–Crippen MR) is 77.0 cm³/mol. The van der Waals surface area contributed by atoms with Gasteiger partial charge in [-0.05, 0) is 18.4 Å². The lowest BCUT2D eigenvalue weighted by atomic mass is 10.2. The van der Waals surface area contributed by atoms with Gasteiger partial charge in [-0.3, -0.25) is 4.79 Å². The number of hydrogen-bond donors (Lipinski definition) is 2. The van der Waals surface area contributed by atoms with Gasteiger partial charge in [0.05, 0.1) is 0 Å². The zero-order chi connectivity index (χ0) is 15.9. The van der Waals surface area contributed by atoms with Crippen LogP contribution in [-0.4, -0.2) is 47.1 Å². The Balaban J connectivity index is 1.74. The van der Waals surface area contributed by atoms with Gasteiger partial charge in [0.15, 0.2) is 0 Å². The molecule has 1 aromatic rings. The molecule has 1 atom stereocenters. The van der Waals surface area contributed by atoms with Gasteiger partial charge >= 0.3 is 12.1 Å². The van der Waals surface area contributed by atoms with Gasteiger partial charge in [0, 0.05) is 6.54 Å². The maximum Gasteiger partial charge on any atom is 0.407 e. The Bertz CT molecular complexity index is 546. The molecule has 0 aliphatic carbocycles. The highest BCUT2D eigenvalue weighted by Gasteiger charge is 2.33. The molecule has 1 fully saturated rings. The van der Waals surface area contributed by atoms with Crippen LogP contribution in [0, 0.1) is 0 Å². The highest BCUT2D eigenvalue weighted by atomic mass is 16.5. The molecule has 1 aromatic carbocycles. The Morgan fingerprint density at radius 2 is 2.00 bits per heavy atom. The summed E-state index contributed by atoms with van der Waals surface area (Å²) < 4.78 is 4.98. The molecule has 22 heavy (non-hydrogen) atoms. The van der Waals surface area contributed by atoms with E-state index in [-0.39, 0.29) is 13.2 Å². The van der Waals surface area contributed by atoms with Crippen LogP contribution in [0.1, 0.15) is 18.4 Å². The fourth-order valence-electron chi connectivity index (χ4n) is 2.35. The molecule has 0 aromatic heterocycles. The minimum absolute atomic E-state index is 0.113. The van der Waals surface area contributed by atoms with Crippen LogP contribution in [0.3, 0.4) is 0 Å². The molecule has 0 spiro atoms. The highest BCUT2D eigenvalue weighted by molar-refractivity contribution is 5.87. The van der Waals surface area contributed by atoms with E-state index in [9.17, 15) is 14.4 Å². The number of carbonyl (C=O) groups is 3. The van der Waals surface area contributed by atoms with Gasteiger partial charge in [-0.25, -0.2) is 9.59 Å². The van der Waals surface area contributed by atoms with E-state index in [1.807, 2.05) is 30.3 Å². The second-order valence-corrected chi connectivity index (χ2v) is 5.00. The molecule has 0 radical (unpaired) electrons. The van der Waals surface area contributed by atoms with E-state index in [1.165, 1.54) is 4.90 Å². The minimum atomic E-state index is -1.02. The number of nitrogens with one attached hydrogen (secondary N) is 1. The molecule has 2 rings (SSSR count). The molecule has 1 heterocycles. The first kappa shape index (κ1) is 15.8. The van der Waals surface area contributed by atoms with Crippen molar-refractivity contribution in [1.82, 2.24) is 10.2 Å². The second kappa shape index (κ2) is 7.44. The number of aliphatic carboxylic acids is 1. The molecule has 7 heteroatoms. The number of alkyl carbamates (subject to hydrolysis) is 1. The third-order valence-corrected chi connectivity index (χ3v) is 3.45. The van der Waals surface area contributed by atoms with Gasteiger partial charge in [0.2, 0.25) is 5.91 Å². The Hall–Kier alpha value is -2.57. The first-order valence-corrected chi connectivity index (χ1v) is 7.05. The molecule has 0 bridgehead atoms. The van der Waals surface area contributed by atoms with E-state index in [2.05, 4.69) is 5.32 Å². The van der Waals surface area contributed by atoms with Crippen molar-refractivity contribution in [3.63, 3.8) is 0 Å². The lowest BCUT2D eigenvalue weighted by Gasteiger charge is -2.21. The van der Waals surface area contributed by atoms with Crippen molar-refractivity contribution in [1.29, 1.82) is 0 Å². The number of rotatable bonds is 5. The second-order valence-electron chi connectivity index (χ2n) is 5.00. The Morgan fingerprint density at radius 1 is 1.27 bits per heavy atom. The number of nitrogens with zero attached hydrogens (tertiary/aromatic N) is 1. The van der Waals surface area contributed by atoms with Crippen LogP contribution in [0.2, 0.25) is 0 Å². The van der Waals surface area contributed by atoms with Crippen molar-refractivity contribution in [2.45, 2.75) is 25.5 Å². The number of carboxylic acids is 1. The fraction of sp³-hybridized carbons (Fsp3) is 0.400. The van der Waals surface area contributed by atoms with Gasteiger partial charge in [-0.2, -0.15) is 0 Å². The van der Waals surface area contributed by atoms with Crippen molar-refractivity contribution in [3.05, 3.63) is 35.9 Å². The van der Waals surface area contributed by atoms with Crippen molar-refractivity contribution >= 4 is 18.0 Å². The third kappa shape index (κ3) is 4.21. The largest absolute Gasteiger partial charge is 0.480 e. The molecule has 118 valence electrons. The molecular formula is C15H18N2O5. The number of ether oxygens (including phenoxy) is 1. The first-order valence-electron chi connectivity index (χ1n) is 7.05. The van der Waals surface area contributed by atoms with Gasteiger partial charge in [0.1, 0.15) is 19.2 Å². The maximum atomic E-state index is 11.9. The molecule has 0 saturated carbocycles. The summed E-state index contributed by atoms with van der Waals surface area (Å²) in [6.07, 6.45) is 0.393. The number of carboxylic acid groups (broad SMARTS) is 1. The summed E-state index contributed by atoms with van der Waals surface area (Å²) in [7, 11) is 0. The Morgan fingerprint density at radius 3 is 2.68 bits per heavy atom. The van der Waals surface area contributed by atoms with Crippen molar-refractivity contribution in [2.75, 3.05) is 13.1 Å². The van der Waals surface area contributed by atoms with Crippen LogP contribution in [0.15, 0.2) is 30.3 Å². The third-order valence-electron chi connectivity index (χ3n) is 3.45. The van der Waals surface area contributed by atoms with Crippen LogP contribution in [0.5, 0.6) is 0 Å². The van der Waals surface area contributed by atoms with Crippen LogP contribution >= 0.6 is 0 Å². The summed E-state index contributed by atoms with van der Waals surface area (Å²) in [6.45, 7) is 0.246. The Labute approximate surface area is 127 Å². The van der Waals surface area contributed by atoms with Gasteiger partial charge < -0.3 is 20.1 Å². The van der Waals surface area contributed by atoms with Crippen LogP contribution in [-0.2, 0) is 20.9 Å². The number of likely N-dealkylation sites (tertiary alicyclic amines) is 1. The lowest BCUT2D eigenvalue weighted by molar-refractivity contribution is -0.147. The average Bonchev–Trinajstić information content (AvgIpc) is 3.01. The number of carbonyl (C=O) groups excluding carboxylic acids is 2. The van der Waals surface area contributed by atoms with Crippen LogP contribution in [0.25, 0.3) is 0 Å². The molecule has 1 aliphatic heterocycles. The SMILES string of the molecule is O=C(NCC(=O)N1CCCC1C(=O)O)OCc1ccccc1. The van der Waals surface area contributed by atoms with E-state index >= 15 is 0 Å². The van der Waals surface area contributed by atoms with Crippen molar-refractivity contribution < 1.29 is 24.2 Å². The molecule has 7 nitrogen and oxygen atoms in total. The quantitative estimate of drug-likeness (QED) is 0.845. The minimum Gasteiger partial charge on any atom is -0.480 e.